The van der Waals surface area contributed by atoms with E-state index in [1.807, 2.05) is 17.8 Å². The van der Waals surface area contributed by atoms with E-state index in [4.69, 9.17) is 4.42 Å². The maximum Gasteiger partial charge on any atom is 0.208 e. The highest BCUT2D eigenvalue weighted by molar-refractivity contribution is 5.06. The van der Waals surface area contributed by atoms with E-state index < -0.39 is 5.60 Å². The molecule has 7 nitrogen and oxygen atoms in total. The summed E-state index contributed by atoms with van der Waals surface area (Å²) in [5.74, 6) is 2.41. The van der Waals surface area contributed by atoms with Crippen molar-refractivity contribution in [3.05, 3.63) is 30.0 Å². The molecule has 2 aromatic heterocycles. The molecule has 0 aromatic carbocycles. The van der Waals surface area contributed by atoms with Crippen molar-refractivity contribution in [1.82, 2.24) is 24.6 Å². The molecule has 1 aliphatic heterocycles. The van der Waals surface area contributed by atoms with E-state index in [9.17, 15) is 5.11 Å². The first-order chi connectivity index (χ1) is 11.3. The number of aromatic nitrogens is 4. The first-order valence-electron chi connectivity index (χ1n) is 8.48. The van der Waals surface area contributed by atoms with Crippen molar-refractivity contribution in [1.29, 1.82) is 0 Å². The van der Waals surface area contributed by atoms with Crippen molar-refractivity contribution in [3.8, 4) is 0 Å². The van der Waals surface area contributed by atoms with Crippen LogP contribution in [0.15, 0.2) is 16.9 Å². The molecule has 1 unspecified atom stereocenters. The number of oxazole rings is 1. The summed E-state index contributed by atoms with van der Waals surface area (Å²) < 4.78 is 7.74. The van der Waals surface area contributed by atoms with Gasteiger partial charge in [-0.15, -0.1) is 10.2 Å². The molecule has 0 spiro atoms. The Bertz CT molecular complexity index is 687. The smallest absolute Gasteiger partial charge is 0.208 e. The SMILES string of the molecule is Cn1cnnc1CC1(O)CCCN(Cc2ncc(C(C)(C)C)o2)C1. The molecule has 0 aliphatic carbocycles. The van der Waals surface area contributed by atoms with Gasteiger partial charge in [-0.3, -0.25) is 4.90 Å². The van der Waals surface area contributed by atoms with Gasteiger partial charge in [0.2, 0.25) is 5.89 Å². The van der Waals surface area contributed by atoms with Gasteiger partial charge in [-0.1, -0.05) is 20.8 Å². The molecule has 0 radical (unpaired) electrons. The molecule has 1 N–H and O–H groups in total. The molecule has 3 rings (SSSR count). The number of aliphatic hydroxyl groups is 1. The Morgan fingerprint density at radius 3 is 2.79 bits per heavy atom. The van der Waals surface area contributed by atoms with Crippen LogP contribution in [-0.2, 0) is 25.4 Å². The van der Waals surface area contributed by atoms with Crippen LogP contribution in [0.3, 0.4) is 0 Å². The molecule has 1 aliphatic rings. The van der Waals surface area contributed by atoms with Gasteiger partial charge in [-0.05, 0) is 19.4 Å². The van der Waals surface area contributed by atoms with Crippen LogP contribution >= 0.6 is 0 Å². The molecule has 1 fully saturated rings. The number of hydrogen-bond acceptors (Lipinski definition) is 6. The monoisotopic (exact) mass is 333 g/mol. The van der Waals surface area contributed by atoms with E-state index in [-0.39, 0.29) is 5.41 Å². The second-order valence-electron chi connectivity index (χ2n) is 7.94. The minimum absolute atomic E-state index is 0.0426. The molecule has 1 saturated heterocycles. The zero-order valence-electron chi connectivity index (χ0n) is 15.0. The van der Waals surface area contributed by atoms with Crippen molar-refractivity contribution in [3.63, 3.8) is 0 Å². The third kappa shape index (κ3) is 3.84. The van der Waals surface area contributed by atoms with Crippen LogP contribution in [0.25, 0.3) is 0 Å². The van der Waals surface area contributed by atoms with E-state index in [0.717, 1.165) is 31.0 Å². The van der Waals surface area contributed by atoms with Gasteiger partial charge in [-0.25, -0.2) is 4.98 Å². The number of likely N-dealkylation sites (tertiary alicyclic amines) is 1. The number of β-amino-alcohol motifs (C(OH)–C–C–N with tert-alkyl or cyclic N) is 1. The largest absolute Gasteiger partial charge is 0.444 e. The molecular formula is C17H27N5O2. The summed E-state index contributed by atoms with van der Waals surface area (Å²) in [6.07, 6.45) is 5.71. The quantitative estimate of drug-likeness (QED) is 0.917. The third-order valence-electron chi connectivity index (χ3n) is 4.58. The van der Waals surface area contributed by atoms with Gasteiger partial charge in [-0.2, -0.15) is 0 Å². The normalized spacial score (nSPS) is 22.9. The molecule has 132 valence electrons. The van der Waals surface area contributed by atoms with Crippen molar-refractivity contribution >= 4 is 0 Å². The van der Waals surface area contributed by atoms with Crippen LogP contribution in [0.5, 0.6) is 0 Å². The predicted molar refractivity (Wildman–Crippen MR) is 89.4 cm³/mol. The third-order valence-corrected chi connectivity index (χ3v) is 4.58. The van der Waals surface area contributed by atoms with Crippen molar-refractivity contribution in [2.75, 3.05) is 13.1 Å². The van der Waals surface area contributed by atoms with E-state index >= 15 is 0 Å². The Hall–Kier alpha value is -1.73. The lowest BCUT2D eigenvalue weighted by Crippen LogP contribution is -2.49. The lowest BCUT2D eigenvalue weighted by molar-refractivity contribution is -0.0364. The van der Waals surface area contributed by atoms with Crippen LogP contribution in [0.1, 0.15) is 51.1 Å². The number of rotatable bonds is 4. The van der Waals surface area contributed by atoms with Crippen LogP contribution in [0.2, 0.25) is 0 Å². The van der Waals surface area contributed by atoms with Crippen molar-refractivity contribution in [2.24, 2.45) is 7.05 Å². The Morgan fingerprint density at radius 1 is 1.38 bits per heavy atom. The Labute approximate surface area is 142 Å². The topological polar surface area (TPSA) is 80.2 Å². The fourth-order valence-corrected chi connectivity index (χ4v) is 3.17. The molecule has 1 atom stereocenters. The number of hydrogen-bond donors (Lipinski definition) is 1. The Morgan fingerprint density at radius 2 is 2.17 bits per heavy atom. The Kier molecular flexibility index (Phi) is 4.48. The molecule has 3 heterocycles. The summed E-state index contributed by atoms with van der Waals surface area (Å²) in [7, 11) is 1.90. The van der Waals surface area contributed by atoms with Gasteiger partial charge in [0.05, 0.1) is 18.3 Å². The average Bonchev–Trinajstić information content (AvgIpc) is 3.08. The number of piperidine rings is 1. The highest BCUT2D eigenvalue weighted by atomic mass is 16.4. The van der Waals surface area contributed by atoms with E-state index in [0.29, 0.717) is 25.4 Å². The predicted octanol–water partition coefficient (Wildman–Crippen LogP) is 1.67. The maximum absolute atomic E-state index is 11.0. The highest BCUT2D eigenvalue weighted by Gasteiger charge is 2.35. The zero-order chi connectivity index (χ0) is 17.4. The van der Waals surface area contributed by atoms with Crippen LogP contribution in [-0.4, -0.2) is 48.4 Å². The first kappa shape index (κ1) is 17.1. The van der Waals surface area contributed by atoms with Crippen LogP contribution in [0, 0.1) is 0 Å². The summed E-state index contributed by atoms with van der Waals surface area (Å²) in [4.78, 5) is 6.60. The number of aryl methyl sites for hydroxylation is 1. The lowest BCUT2D eigenvalue weighted by Gasteiger charge is -2.38. The second kappa shape index (κ2) is 6.29. The number of nitrogens with zero attached hydrogens (tertiary/aromatic N) is 5. The van der Waals surface area contributed by atoms with E-state index in [1.165, 1.54) is 0 Å². The van der Waals surface area contributed by atoms with Gasteiger partial charge in [0.1, 0.15) is 17.9 Å². The summed E-state index contributed by atoms with van der Waals surface area (Å²) in [6.45, 7) is 8.48. The van der Waals surface area contributed by atoms with Gasteiger partial charge < -0.3 is 14.1 Å². The summed E-state index contributed by atoms with van der Waals surface area (Å²) in [6, 6.07) is 0. The summed E-state index contributed by atoms with van der Waals surface area (Å²) in [5, 5.41) is 19.0. The summed E-state index contributed by atoms with van der Waals surface area (Å²) >= 11 is 0. The maximum atomic E-state index is 11.0. The fourth-order valence-electron chi connectivity index (χ4n) is 3.17. The first-order valence-corrected chi connectivity index (χ1v) is 8.48. The molecular weight excluding hydrogens is 306 g/mol. The van der Waals surface area contributed by atoms with Gasteiger partial charge in [0.15, 0.2) is 0 Å². The highest BCUT2D eigenvalue weighted by Crippen LogP contribution is 2.27. The van der Waals surface area contributed by atoms with Crippen LogP contribution < -0.4 is 0 Å². The lowest BCUT2D eigenvalue weighted by atomic mass is 9.89. The molecule has 2 aromatic rings. The molecule has 0 bridgehead atoms. The van der Waals surface area contributed by atoms with Gasteiger partial charge in [0.25, 0.3) is 0 Å². The van der Waals surface area contributed by atoms with Gasteiger partial charge in [0, 0.05) is 25.4 Å². The van der Waals surface area contributed by atoms with E-state index in [2.05, 4.69) is 40.9 Å². The Balaban J connectivity index is 1.65. The average molecular weight is 333 g/mol. The van der Waals surface area contributed by atoms with Crippen LogP contribution in [0.4, 0.5) is 0 Å². The second-order valence-corrected chi connectivity index (χ2v) is 7.94. The molecule has 24 heavy (non-hydrogen) atoms. The molecule has 7 heteroatoms. The van der Waals surface area contributed by atoms with Crippen molar-refractivity contribution < 1.29 is 9.52 Å². The molecule has 0 amide bonds. The summed E-state index contributed by atoms with van der Waals surface area (Å²) in [5.41, 5.74) is -0.822. The standard InChI is InChI=1S/C17H27N5O2/c1-16(2,3)13-9-18-15(24-13)10-22-7-5-6-17(23,11-22)8-14-20-19-12-21(14)4/h9,12,23H,5-8,10-11H2,1-4H3. The van der Waals surface area contributed by atoms with Gasteiger partial charge >= 0.3 is 0 Å². The minimum Gasteiger partial charge on any atom is -0.444 e. The molecule has 0 saturated carbocycles. The fraction of sp³-hybridized carbons (Fsp3) is 0.706. The van der Waals surface area contributed by atoms with E-state index in [1.54, 1.807) is 6.33 Å². The minimum atomic E-state index is -0.779. The zero-order valence-corrected chi connectivity index (χ0v) is 15.0. The van der Waals surface area contributed by atoms with Crippen molar-refractivity contribution in [2.45, 2.75) is 57.6 Å².